The number of ether oxygens (including phenoxy) is 1. The third-order valence-corrected chi connectivity index (χ3v) is 8.61. The van der Waals surface area contributed by atoms with Crippen LogP contribution in [0.25, 0.3) is 0 Å². The fourth-order valence-corrected chi connectivity index (χ4v) is 6.75. The van der Waals surface area contributed by atoms with Gasteiger partial charge in [-0.05, 0) is 26.3 Å². The Labute approximate surface area is 173 Å². The molecule has 3 nitrogen and oxygen atoms in total. The average Bonchev–Trinajstić information content (AvgIpc) is 2.73. The van der Waals surface area contributed by atoms with E-state index >= 15 is 0 Å². The Morgan fingerprint density at radius 1 is 0.828 bits per heavy atom. The molecule has 0 aliphatic rings. The van der Waals surface area contributed by atoms with E-state index in [9.17, 15) is 9.36 Å². The van der Waals surface area contributed by atoms with Crippen molar-refractivity contribution < 1.29 is 14.1 Å². The number of benzene rings is 3. The molecule has 0 bridgehead atoms. The van der Waals surface area contributed by atoms with Crippen LogP contribution in [-0.4, -0.2) is 12.6 Å². The Bertz CT molecular complexity index is 943. The first kappa shape index (κ1) is 21.1. The molecular weight excluding hydrogens is 379 g/mol. The molecule has 4 heteroatoms. The van der Waals surface area contributed by atoms with E-state index < -0.39 is 12.8 Å². The number of esters is 1. The Morgan fingerprint density at radius 3 is 1.76 bits per heavy atom. The lowest BCUT2D eigenvalue weighted by Gasteiger charge is -2.29. The number of hydrogen-bond acceptors (Lipinski definition) is 3. The molecule has 1 unspecified atom stereocenters. The molecular formula is C25H27O3P. The van der Waals surface area contributed by atoms with E-state index in [4.69, 9.17) is 4.74 Å². The standard InChI is InChI=1S/C25H27O3P/c1-4-28-25(26)18-24(21-8-6-5-7-9-21)29(27,22-14-10-19(2)11-15-22)23-16-12-20(3)13-17-23/h5-17,24H,4,18H2,1-3H3. The van der Waals surface area contributed by atoms with E-state index in [2.05, 4.69) is 0 Å². The lowest BCUT2D eigenvalue weighted by Crippen LogP contribution is -2.24. The quantitative estimate of drug-likeness (QED) is 0.394. The molecule has 0 spiro atoms. The fourth-order valence-electron chi connectivity index (χ4n) is 3.55. The van der Waals surface area contributed by atoms with Crippen LogP contribution in [0.3, 0.4) is 0 Å². The van der Waals surface area contributed by atoms with Crippen LogP contribution in [0.4, 0.5) is 0 Å². The highest BCUT2D eigenvalue weighted by atomic mass is 31.2. The van der Waals surface area contributed by atoms with Gasteiger partial charge in [0.1, 0.15) is 0 Å². The third-order valence-electron chi connectivity index (χ3n) is 5.12. The zero-order chi connectivity index (χ0) is 20.9. The minimum absolute atomic E-state index is 0.0664. The van der Waals surface area contributed by atoms with E-state index in [1.165, 1.54) is 0 Å². The summed E-state index contributed by atoms with van der Waals surface area (Å²) in [4.78, 5) is 12.5. The number of rotatable bonds is 7. The zero-order valence-corrected chi connectivity index (χ0v) is 18.1. The van der Waals surface area contributed by atoms with Crippen molar-refractivity contribution in [2.75, 3.05) is 6.61 Å². The van der Waals surface area contributed by atoms with Gasteiger partial charge in [0.05, 0.1) is 18.7 Å². The maximum absolute atomic E-state index is 14.9. The van der Waals surface area contributed by atoms with E-state index in [-0.39, 0.29) is 12.4 Å². The molecule has 3 rings (SSSR count). The molecule has 3 aromatic rings. The van der Waals surface area contributed by atoms with Crippen molar-refractivity contribution in [1.29, 1.82) is 0 Å². The van der Waals surface area contributed by atoms with Crippen LogP contribution in [0.2, 0.25) is 0 Å². The van der Waals surface area contributed by atoms with Crippen LogP contribution >= 0.6 is 7.14 Å². The lowest BCUT2D eigenvalue weighted by atomic mass is 10.1. The van der Waals surface area contributed by atoms with Gasteiger partial charge in [-0.15, -0.1) is 0 Å². The second kappa shape index (κ2) is 9.24. The van der Waals surface area contributed by atoms with Gasteiger partial charge in [-0.3, -0.25) is 4.79 Å². The molecule has 0 fully saturated rings. The molecule has 0 amide bonds. The topological polar surface area (TPSA) is 43.4 Å². The summed E-state index contributed by atoms with van der Waals surface area (Å²) in [5.41, 5.74) is 2.59. The van der Waals surface area contributed by atoms with Crippen LogP contribution in [0.5, 0.6) is 0 Å². The van der Waals surface area contributed by atoms with Crippen LogP contribution in [0.1, 0.15) is 35.7 Å². The Morgan fingerprint density at radius 2 is 1.31 bits per heavy atom. The molecule has 29 heavy (non-hydrogen) atoms. The predicted molar refractivity (Wildman–Crippen MR) is 120 cm³/mol. The van der Waals surface area contributed by atoms with Gasteiger partial charge in [0.25, 0.3) is 0 Å². The van der Waals surface area contributed by atoms with Gasteiger partial charge in [0.2, 0.25) is 0 Å². The SMILES string of the molecule is CCOC(=O)CC(c1ccccc1)P(=O)(c1ccc(C)cc1)c1ccc(C)cc1. The lowest BCUT2D eigenvalue weighted by molar-refractivity contribution is -0.143. The van der Waals surface area contributed by atoms with Crippen molar-refractivity contribution in [2.24, 2.45) is 0 Å². The summed E-state index contributed by atoms with van der Waals surface area (Å²) >= 11 is 0. The first-order valence-electron chi connectivity index (χ1n) is 9.90. The van der Waals surface area contributed by atoms with E-state index in [0.29, 0.717) is 6.61 Å². The Balaban J connectivity index is 2.22. The number of aryl methyl sites for hydroxylation is 2. The van der Waals surface area contributed by atoms with Crippen molar-refractivity contribution in [3.8, 4) is 0 Å². The predicted octanol–water partition coefficient (Wildman–Crippen LogP) is 5.31. The van der Waals surface area contributed by atoms with Crippen molar-refractivity contribution in [2.45, 2.75) is 32.9 Å². The maximum atomic E-state index is 14.9. The van der Waals surface area contributed by atoms with Crippen molar-refractivity contribution in [3.63, 3.8) is 0 Å². The summed E-state index contributed by atoms with van der Waals surface area (Å²) in [7, 11) is -3.17. The summed E-state index contributed by atoms with van der Waals surface area (Å²) < 4.78 is 20.1. The van der Waals surface area contributed by atoms with Gasteiger partial charge in [0, 0.05) is 10.6 Å². The van der Waals surface area contributed by atoms with Gasteiger partial charge < -0.3 is 9.30 Å². The number of hydrogen-bond donors (Lipinski definition) is 0. The molecule has 0 aromatic heterocycles. The fraction of sp³-hybridized carbons (Fsp3) is 0.240. The highest BCUT2D eigenvalue weighted by molar-refractivity contribution is 7.79. The maximum Gasteiger partial charge on any atom is 0.306 e. The average molecular weight is 406 g/mol. The number of carbonyl (C=O) groups is 1. The minimum Gasteiger partial charge on any atom is -0.466 e. The molecule has 3 aromatic carbocycles. The Kier molecular flexibility index (Phi) is 6.71. The van der Waals surface area contributed by atoms with Crippen LogP contribution in [0.15, 0.2) is 78.9 Å². The van der Waals surface area contributed by atoms with Gasteiger partial charge >= 0.3 is 5.97 Å². The molecule has 0 radical (unpaired) electrons. The second-order valence-electron chi connectivity index (χ2n) is 7.26. The van der Waals surface area contributed by atoms with E-state index in [0.717, 1.165) is 27.3 Å². The van der Waals surface area contributed by atoms with Gasteiger partial charge in [0.15, 0.2) is 7.14 Å². The molecule has 0 aliphatic heterocycles. The Hall–Kier alpha value is -2.64. The van der Waals surface area contributed by atoms with Crippen LogP contribution in [-0.2, 0) is 14.1 Å². The smallest absolute Gasteiger partial charge is 0.306 e. The highest BCUT2D eigenvalue weighted by Gasteiger charge is 2.39. The first-order valence-corrected chi connectivity index (χ1v) is 11.7. The zero-order valence-electron chi connectivity index (χ0n) is 17.2. The molecule has 0 heterocycles. The molecule has 0 saturated carbocycles. The van der Waals surface area contributed by atoms with Crippen molar-refractivity contribution >= 4 is 23.7 Å². The molecule has 0 N–H and O–H groups in total. The van der Waals surface area contributed by atoms with Gasteiger partial charge in [-0.2, -0.15) is 0 Å². The highest BCUT2D eigenvalue weighted by Crippen LogP contribution is 2.58. The third kappa shape index (κ3) is 4.68. The summed E-state index contributed by atoms with van der Waals surface area (Å²) in [5.74, 6) is -0.333. The molecule has 150 valence electrons. The second-order valence-corrected chi connectivity index (χ2v) is 10.2. The monoisotopic (exact) mass is 406 g/mol. The first-order chi connectivity index (χ1) is 13.9. The largest absolute Gasteiger partial charge is 0.466 e. The van der Waals surface area contributed by atoms with Crippen LogP contribution in [0, 0.1) is 13.8 Å². The summed E-state index contributed by atoms with van der Waals surface area (Å²) in [5, 5.41) is 1.51. The normalized spacial score (nSPS) is 12.4. The minimum atomic E-state index is -3.17. The van der Waals surface area contributed by atoms with Crippen LogP contribution < -0.4 is 10.6 Å². The molecule has 1 atom stereocenters. The molecule has 0 aliphatic carbocycles. The molecule has 0 saturated heterocycles. The van der Waals surface area contributed by atoms with Crippen molar-refractivity contribution in [1.82, 2.24) is 0 Å². The van der Waals surface area contributed by atoms with Crippen molar-refractivity contribution in [3.05, 3.63) is 95.6 Å². The number of carbonyl (C=O) groups excluding carboxylic acids is 1. The summed E-state index contributed by atoms with van der Waals surface area (Å²) in [6, 6.07) is 25.3. The summed E-state index contributed by atoms with van der Waals surface area (Å²) in [6.07, 6.45) is 0.0664. The van der Waals surface area contributed by atoms with Gasteiger partial charge in [-0.25, -0.2) is 0 Å². The summed E-state index contributed by atoms with van der Waals surface area (Å²) in [6.45, 7) is 6.11. The van der Waals surface area contributed by atoms with Gasteiger partial charge in [-0.1, -0.05) is 90.0 Å². The van der Waals surface area contributed by atoms with E-state index in [1.54, 1.807) is 6.92 Å². The van der Waals surface area contributed by atoms with E-state index in [1.807, 2.05) is 92.7 Å².